The Hall–Kier alpha value is -3.28. The Morgan fingerprint density at radius 1 is 0.283 bits per heavy atom. The van der Waals surface area contributed by atoms with E-state index in [9.17, 15) is 0 Å². The molecule has 0 amide bonds. The van der Waals surface area contributed by atoms with Crippen LogP contribution in [0.3, 0.4) is 0 Å². The van der Waals surface area contributed by atoms with E-state index in [0.717, 1.165) is 18.7 Å². The molecule has 0 N–H and O–H groups in total. The van der Waals surface area contributed by atoms with Crippen LogP contribution in [0.15, 0.2) is 243 Å². The number of hydrogen-bond acceptors (Lipinski definition) is 0. The Kier molecular flexibility index (Phi) is 18.2. The summed E-state index contributed by atoms with van der Waals surface area (Å²) < 4.78 is 0. The fourth-order valence-electron chi connectivity index (χ4n) is 7.91. The van der Waals surface area contributed by atoms with Gasteiger partial charge < -0.3 is 0 Å². The Bertz CT molecular complexity index is 2040. The molecule has 8 aromatic carbocycles. The minimum atomic E-state index is -0.722. The predicted octanol–water partition coefficient (Wildman–Crippen LogP) is 12.0. The van der Waals surface area contributed by atoms with E-state index in [1.807, 2.05) is 0 Å². The zero-order valence-electron chi connectivity index (χ0n) is 33.2. The van der Waals surface area contributed by atoms with Crippen molar-refractivity contribution in [3.8, 4) is 0 Å². The first-order chi connectivity index (χ1) is 29.7. The Balaban J connectivity index is 0.00000176. The van der Waals surface area contributed by atoms with Gasteiger partial charge in [0.05, 0.1) is 0 Å². The largest absolute Gasteiger partial charge is 0.0622 e. The standard InChI is InChI=1S/C53H48P4.2ClH.Pd/c1-9-25-44(26-10-1)54(45-27-11-2-12-28-45)42-52(56(48-33-17-5-18-34-48)49-35-19-6-20-36-49)41-53(57(50-37-21-7-22-38-50)51-39-23-8-24-40-51)43-55(46-29-13-3-14-30-46)47-31-15-4-16-32-47;;;/h1-40,52-53H,41-43H2;2*1H;/q;;;+2/p-2. The predicted molar refractivity (Wildman–Crippen MR) is 270 cm³/mol. The quantitative estimate of drug-likeness (QED) is 0.0669. The molecule has 60 heavy (non-hydrogen) atoms. The summed E-state index contributed by atoms with van der Waals surface area (Å²) >= 11 is -0.106. The van der Waals surface area contributed by atoms with Crippen LogP contribution in [0, 0.1) is 0 Å². The summed E-state index contributed by atoms with van der Waals surface area (Å²) in [5.41, 5.74) is 0.837. The maximum absolute atomic E-state index is 4.81. The fourth-order valence-corrected chi connectivity index (χ4v) is 20.3. The molecule has 0 nitrogen and oxygen atoms in total. The van der Waals surface area contributed by atoms with Crippen molar-refractivity contribution in [2.24, 2.45) is 0 Å². The maximum Gasteiger partial charge on any atom is -0.00771 e. The topological polar surface area (TPSA) is 0 Å². The van der Waals surface area contributed by atoms with Crippen LogP contribution in [0.4, 0.5) is 0 Å². The van der Waals surface area contributed by atoms with E-state index in [1.54, 1.807) is 0 Å². The third-order valence-electron chi connectivity index (χ3n) is 10.5. The Morgan fingerprint density at radius 3 is 0.633 bits per heavy atom. The second-order valence-electron chi connectivity index (χ2n) is 14.2. The van der Waals surface area contributed by atoms with Crippen LogP contribution in [-0.2, 0) is 15.9 Å². The van der Waals surface area contributed by atoms with Crippen molar-refractivity contribution >= 4 is 93.2 Å². The number of rotatable bonds is 16. The summed E-state index contributed by atoms with van der Waals surface area (Å²) in [7, 11) is 6.90. The van der Waals surface area contributed by atoms with E-state index in [2.05, 4.69) is 243 Å². The molecule has 0 aromatic heterocycles. The van der Waals surface area contributed by atoms with Gasteiger partial charge in [0.15, 0.2) is 0 Å². The summed E-state index contributed by atoms with van der Waals surface area (Å²) in [5, 5.41) is 11.7. The van der Waals surface area contributed by atoms with Crippen LogP contribution in [0.25, 0.3) is 0 Å². The normalized spacial score (nSPS) is 12.3. The monoisotopic (exact) mass is 984 g/mol. The Labute approximate surface area is 379 Å². The van der Waals surface area contributed by atoms with E-state index in [0.29, 0.717) is 11.3 Å². The van der Waals surface area contributed by atoms with E-state index >= 15 is 0 Å². The molecule has 0 radical (unpaired) electrons. The molecule has 0 aliphatic carbocycles. The minimum Gasteiger partial charge on any atom is -0.0622 e. The molecule has 2 atom stereocenters. The van der Waals surface area contributed by atoms with Gasteiger partial charge in [-0.15, -0.1) is 0 Å². The third kappa shape index (κ3) is 12.4. The van der Waals surface area contributed by atoms with Crippen LogP contribution in [0.1, 0.15) is 6.42 Å². The second-order valence-corrected chi connectivity index (χ2v) is 26.1. The summed E-state index contributed by atoms with van der Waals surface area (Å²) in [6.45, 7) is 0. The van der Waals surface area contributed by atoms with Crippen molar-refractivity contribution in [1.82, 2.24) is 0 Å². The molecular weight excluding hydrogens is 938 g/mol. The van der Waals surface area contributed by atoms with Gasteiger partial charge in [0.2, 0.25) is 0 Å². The minimum absolute atomic E-state index is 0.106. The van der Waals surface area contributed by atoms with Crippen LogP contribution in [0.2, 0.25) is 0 Å². The van der Waals surface area contributed by atoms with Gasteiger partial charge in [-0.3, -0.25) is 0 Å². The van der Waals surface area contributed by atoms with Gasteiger partial charge in [-0.2, -0.15) is 0 Å². The van der Waals surface area contributed by atoms with Gasteiger partial charge in [-0.25, -0.2) is 0 Å². The molecule has 0 fully saturated rings. The molecule has 8 aromatic rings. The van der Waals surface area contributed by atoms with E-state index in [4.69, 9.17) is 19.1 Å². The molecule has 0 aliphatic heterocycles. The van der Waals surface area contributed by atoms with Crippen molar-refractivity contribution in [2.45, 2.75) is 17.7 Å². The molecule has 0 saturated heterocycles. The number of benzene rings is 8. The van der Waals surface area contributed by atoms with Gasteiger partial charge in [0, 0.05) is 0 Å². The molecule has 8 rings (SSSR count). The summed E-state index contributed by atoms with van der Waals surface area (Å²) in [4.78, 5) is 0. The first-order valence-electron chi connectivity index (χ1n) is 20.1. The molecule has 0 heterocycles. The van der Waals surface area contributed by atoms with E-state index in [1.165, 1.54) is 42.4 Å². The van der Waals surface area contributed by atoms with E-state index < -0.39 is 31.7 Å². The van der Waals surface area contributed by atoms with Gasteiger partial charge in [-0.05, 0) is 104 Å². The molecule has 0 spiro atoms. The van der Waals surface area contributed by atoms with Crippen molar-refractivity contribution in [1.29, 1.82) is 0 Å². The van der Waals surface area contributed by atoms with Gasteiger partial charge in [0.25, 0.3) is 0 Å². The fraction of sp³-hybridized carbons (Fsp3) is 0.0943. The first kappa shape index (κ1) is 44.8. The van der Waals surface area contributed by atoms with E-state index in [-0.39, 0.29) is 15.9 Å². The smallest absolute Gasteiger partial charge is 0.00771 e. The average Bonchev–Trinajstić information content (AvgIpc) is 3.32. The first-order valence-corrected chi connectivity index (χ1v) is 30.0. The molecule has 0 saturated carbocycles. The van der Waals surface area contributed by atoms with Gasteiger partial charge >= 0.3 is 35.0 Å². The van der Waals surface area contributed by atoms with Crippen LogP contribution in [-0.4, -0.2) is 23.6 Å². The van der Waals surface area contributed by atoms with Crippen molar-refractivity contribution in [3.63, 3.8) is 0 Å². The molecule has 0 aliphatic rings. The Morgan fingerprint density at radius 2 is 0.450 bits per heavy atom. The molecular formula is C53H48Cl2P4Pd. The van der Waals surface area contributed by atoms with Crippen LogP contribution >= 0.6 is 50.7 Å². The number of halogens is 2. The molecule has 0 bridgehead atoms. The summed E-state index contributed by atoms with van der Waals surface area (Å²) in [6, 6.07) is 91.6. The zero-order valence-corrected chi connectivity index (χ0v) is 39.9. The van der Waals surface area contributed by atoms with Gasteiger partial charge in [-0.1, -0.05) is 243 Å². The van der Waals surface area contributed by atoms with Crippen molar-refractivity contribution < 1.29 is 15.9 Å². The van der Waals surface area contributed by atoms with Crippen LogP contribution < -0.4 is 42.4 Å². The average molecular weight is 986 g/mol. The molecule has 7 heteroatoms. The molecule has 2 unspecified atom stereocenters. The third-order valence-corrected chi connectivity index (χ3v) is 22.0. The van der Waals surface area contributed by atoms with Gasteiger partial charge in [0.1, 0.15) is 0 Å². The van der Waals surface area contributed by atoms with Crippen LogP contribution in [0.5, 0.6) is 0 Å². The number of hydrogen-bond donors (Lipinski definition) is 0. The van der Waals surface area contributed by atoms with Crippen molar-refractivity contribution in [2.75, 3.05) is 12.3 Å². The summed E-state index contributed by atoms with van der Waals surface area (Å²) in [5.74, 6) is 0. The molecule has 304 valence electrons. The SMILES string of the molecule is [Cl][Pd][Cl].c1ccc(P(CC(CC(CP(c2ccccc2)c2ccccc2)P(c2ccccc2)c2ccccc2)P(c2ccccc2)c2ccccc2)c2ccccc2)cc1. The summed E-state index contributed by atoms with van der Waals surface area (Å²) in [6.07, 6.45) is 3.37. The van der Waals surface area contributed by atoms with Crippen molar-refractivity contribution in [3.05, 3.63) is 243 Å². The zero-order chi connectivity index (χ0) is 41.2. The second kappa shape index (κ2) is 24.4. The maximum atomic E-state index is 4.81.